The van der Waals surface area contributed by atoms with Gasteiger partial charge >= 0.3 is 5.97 Å². The molecule has 0 fully saturated rings. The number of ether oxygens (including phenoxy) is 1. The largest absolute Gasteiger partial charge is 0.452 e. The maximum absolute atomic E-state index is 12.2. The van der Waals surface area contributed by atoms with Crippen molar-refractivity contribution in [1.82, 2.24) is 0 Å². The van der Waals surface area contributed by atoms with Gasteiger partial charge in [-0.25, -0.2) is 4.79 Å². The number of rotatable bonds is 5. The monoisotopic (exact) mass is 372 g/mol. The van der Waals surface area contributed by atoms with Crippen LogP contribution in [0.4, 0.5) is 5.00 Å². The van der Waals surface area contributed by atoms with E-state index in [1.54, 1.807) is 12.1 Å². The predicted molar refractivity (Wildman–Crippen MR) is 99.7 cm³/mol. The third kappa shape index (κ3) is 3.77. The fraction of sp³-hybridized carbons (Fsp3) is 0.316. The van der Waals surface area contributed by atoms with Crippen LogP contribution in [0.2, 0.25) is 0 Å². The highest BCUT2D eigenvalue weighted by molar-refractivity contribution is 7.17. The van der Waals surface area contributed by atoms with Crippen LogP contribution in [-0.2, 0) is 22.4 Å². The van der Waals surface area contributed by atoms with Crippen LogP contribution in [0.25, 0.3) is 0 Å². The molecule has 6 nitrogen and oxygen atoms in total. The normalized spacial score (nSPS) is 12.5. The van der Waals surface area contributed by atoms with Crippen LogP contribution in [-0.4, -0.2) is 24.4 Å². The summed E-state index contributed by atoms with van der Waals surface area (Å²) in [6.07, 6.45) is 2.67. The summed E-state index contributed by atoms with van der Waals surface area (Å²) in [5.74, 6) is -1.60. The molecule has 26 heavy (non-hydrogen) atoms. The number of amides is 2. The summed E-state index contributed by atoms with van der Waals surface area (Å²) in [6, 6.07) is 5.37. The summed E-state index contributed by atoms with van der Waals surface area (Å²) < 4.78 is 5.09. The average Bonchev–Trinajstić information content (AvgIpc) is 3.11. The molecule has 0 bridgehead atoms. The highest BCUT2D eigenvalue weighted by Crippen LogP contribution is 2.38. The van der Waals surface area contributed by atoms with E-state index >= 15 is 0 Å². The zero-order valence-electron chi connectivity index (χ0n) is 14.7. The van der Waals surface area contributed by atoms with Crippen LogP contribution >= 0.6 is 11.3 Å². The quantitative estimate of drug-likeness (QED) is 0.789. The van der Waals surface area contributed by atoms with Gasteiger partial charge in [-0.15, -0.1) is 11.3 Å². The van der Waals surface area contributed by atoms with Crippen LogP contribution < -0.4 is 11.1 Å². The Morgan fingerprint density at radius 2 is 1.85 bits per heavy atom. The number of nitrogens with two attached hydrogens (primary N) is 1. The molecular weight excluding hydrogens is 352 g/mol. The summed E-state index contributed by atoms with van der Waals surface area (Å²) >= 11 is 1.37. The minimum Gasteiger partial charge on any atom is -0.452 e. The Morgan fingerprint density at radius 1 is 1.15 bits per heavy atom. The summed E-state index contributed by atoms with van der Waals surface area (Å²) in [6.45, 7) is 3.35. The molecule has 1 heterocycles. The van der Waals surface area contributed by atoms with Crippen molar-refractivity contribution in [3.8, 4) is 0 Å². The minimum atomic E-state index is -0.559. The lowest BCUT2D eigenvalue weighted by Crippen LogP contribution is -2.22. The first kappa shape index (κ1) is 18.1. The van der Waals surface area contributed by atoms with Crippen molar-refractivity contribution in [2.45, 2.75) is 33.1 Å². The van der Waals surface area contributed by atoms with E-state index in [2.05, 4.69) is 5.32 Å². The van der Waals surface area contributed by atoms with E-state index in [1.165, 1.54) is 11.3 Å². The number of esters is 1. The van der Waals surface area contributed by atoms with Crippen molar-refractivity contribution in [3.63, 3.8) is 0 Å². The molecule has 2 amide bonds. The number of nitrogens with one attached hydrogen (secondary N) is 1. The van der Waals surface area contributed by atoms with E-state index in [0.29, 0.717) is 16.1 Å². The smallest absolute Gasteiger partial charge is 0.338 e. The number of aryl methyl sites for hydroxylation is 3. The second-order valence-corrected chi connectivity index (χ2v) is 7.53. The molecule has 0 unspecified atom stereocenters. The molecule has 3 rings (SSSR count). The van der Waals surface area contributed by atoms with E-state index in [9.17, 15) is 14.4 Å². The third-order valence-electron chi connectivity index (χ3n) is 4.21. The van der Waals surface area contributed by atoms with Gasteiger partial charge in [-0.05, 0) is 50.8 Å². The molecule has 0 saturated carbocycles. The maximum atomic E-state index is 12.2. The fourth-order valence-corrected chi connectivity index (χ4v) is 4.53. The van der Waals surface area contributed by atoms with Gasteiger partial charge in [-0.3, -0.25) is 9.59 Å². The number of thiophene rings is 1. The van der Waals surface area contributed by atoms with Gasteiger partial charge in [-0.2, -0.15) is 0 Å². The number of hydrogen-bond acceptors (Lipinski definition) is 5. The van der Waals surface area contributed by atoms with Crippen LogP contribution in [0.15, 0.2) is 18.2 Å². The van der Waals surface area contributed by atoms with Gasteiger partial charge in [-0.1, -0.05) is 17.2 Å². The van der Waals surface area contributed by atoms with E-state index < -0.39 is 24.4 Å². The Labute approximate surface area is 155 Å². The Hall–Kier alpha value is -2.67. The highest BCUT2D eigenvalue weighted by atomic mass is 32.1. The molecule has 0 radical (unpaired) electrons. The summed E-state index contributed by atoms with van der Waals surface area (Å²) in [7, 11) is 0. The SMILES string of the molecule is Cc1cc(C)cc(C(=O)OCC(=O)Nc2sc3c(c2C(N)=O)CCC3)c1. The number of primary amides is 1. The van der Waals surface area contributed by atoms with Gasteiger partial charge in [0.05, 0.1) is 11.1 Å². The standard InChI is InChI=1S/C19H20N2O4S/c1-10-6-11(2)8-12(7-10)19(24)25-9-15(22)21-18-16(17(20)23)13-4-3-5-14(13)26-18/h6-8H,3-5,9H2,1-2H3,(H2,20,23)(H,21,22). The molecule has 3 N–H and O–H groups in total. The Bertz CT molecular complexity index is 881. The number of fused-ring (bicyclic) bond motifs is 1. The van der Waals surface area contributed by atoms with Crippen molar-refractivity contribution in [2.24, 2.45) is 5.73 Å². The van der Waals surface area contributed by atoms with Crippen molar-refractivity contribution in [3.05, 3.63) is 50.9 Å². The van der Waals surface area contributed by atoms with E-state index in [4.69, 9.17) is 10.5 Å². The first-order chi connectivity index (χ1) is 12.3. The number of anilines is 1. The molecule has 2 aromatic rings. The van der Waals surface area contributed by atoms with Crippen LogP contribution in [0.3, 0.4) is 0 Å². The summed E-state index contributed by atoms with van der Waals surface area (Å²) in [5.41, 5.74) is 9.08. The van der Waals surface area contributed by atoms with Crippen molar-refractivity contribution in [1.29, 1.82) is 0 Å². The molecule has 0 aliphatic heterocycles. The van der Waals surface area contributed by atoms with E-state index in [-0.39, 0.29) is 0 Å². The lowest BCUT2D eigenvalue weighted by atomic mass is 10.1. The van der Waals surface area contributed by atoms with Gasteiger partial charge in [0.15, 0.2) is 6.61 Å². The molecule has 1 aliphatic carbocycles. The van der Waals surface area contributed by atoms with Crippen molar-refractivity contribution >= 4 is 34.1 Å². The molecule has 0 spiro atoms. The summed E-state index contributed by atoms with van der Waals surface area (Å²) in [4.78, 5) is 37.1. The zero-order valence-corrected chi connectivity index (χ0v) is 15.5. The average molecular weight is 372 g/mol. The number of carbonyl (C=O) groups excluding carboxylic acids is 3. The van der Waals surface area contributed by atoms with Crippen molar-refractivity contribution < 1.29 is 19.1 Å². The molecule has 7 heteroatoms. The number of carbonyl (C=O) groups is 3. The lowest BCUT2D eigenvalue weighted by molar-refractivity contribution is -0.119. The molecule has 1 aromatic carbocycles. The second-order valence-electron chi connectivity index (χ2n) is 6.43. The third-order valence-corrected chi connectivity index (χ3v) is 5.42. The maximum Gasteiger partial charge on any atom is 0.338 e. The van der Waals surface area contributed by atoms with Crippen LogP contribution in [0.5, 0.6) is 0 Å². The van der Waals surface area contributed by atoms with Gasteiger partial charge in [0.2, 0.25) is 0 Å². The lowest BCUT2D eigenvalue weighted by Gasteiger charge is -2.08. The Morgan fingerprint density at radius 3 is 2.50 bits per heavy atom. The first-order valence-electron chi connectivity index (χ1n) is 8.34. The Balaban J connectivity index is 1.65. The summed E-state index contributed by atoms with van der Waals surface area (Å²) in [5, 5.41) is 3.09. The topological polar surface area (TPSA) is 98.5 Å². The number of hydrogen-bond donors (Lipinski definition) is 2. The predicted octanol–water partition coefficient (Wildman–Crippen LogP) is 2.75. The van der Waals surface area contributed by atoms with E-state index in [0.717, 1.165) is 40.8 Å². The molecule has 0 atom stereocenters. The van der Waals surface area contributed by atoms with Crippen molar-refractivity contribution in [2.75, 3.05) is 11.9 Å². The zero-order chi connectivity index (χ0) is 18.8. The van der Waals surface area contributed by atoms with E-state index in [1.807, 2.05) is 19.9 Å². The Kier molecular flexibility index (Phi) is 5.08. The molecule has 1 aromatic heterocycles. The molecular formula is C19H20N2O4S. The minimum absolute atomic E-state index is 0.386. The number of benzene rings is 1. The van der Waals surface area contributed by atoms with Gasteiger partial charge in [0.1, 0.15) is 5.00 Å². The van der Waals surface area contributed by atoms with Crippen LogP contribution in [0, 0.1) is 13.8 Å². The molecule has 1 aliphatic rings. The van der Waals surface area contributed by atoms with Gasteiger partial charge in [0.25, 0.3) is 11.8 Å². The van der Waals surface area contributed by atoms with Crippen LogP contribution in [0.1, 0.15) is 48.7 Å². The molecule has 0 saturated heterocycles. The van der Waals surface area contributed by atoms with Gasteiger partial charge in [0, 0.05) is 4.88 Å². The molecule has 136 valence electrons. The highest BCUT2D eigenvalue weighted by Gasteiger charge is 2.26. The second kappa shape index (κ2) is 7.29. The first-order valence-corrected chi connectivity index (χ1v) is 9.16. The fourth-order valence-electron chi connectivity index (χ4n) is 3.22. The van der Waals surface area contributed by atoms with Gasteiger partial charge < -0.3 is 15.8 Å².